The van der Waals surface area contributed by atoms with E-state index < -0.39 is 10.1 Å². The molecule has 0 bridgehead atoms. The minimum absolute atomic E-state index is 0.166. The minimum Gasteiger partial charge on any atom is -0.377 e. The van der Waals surface area contributed by atoms with Gasteiger partial charge >= 0.3 is 10.1 Å². The molecule has 0 amide bonds. The molecule has 0 unspecified atom stereocenters. The Morgan fingerprint density at radius 2 is 1.68 bits per heavy atom. The first-order chi connectivity index (χ1) is 10.5. The molecule has 0 aliphatic rings. The second-order valence-corrected chi connectivity index (χ2v) is 6.60. The van der Waals surface area contributed by atoms with Gasteiger partial charge in [-0.1, -0.05) is 36.4 Å². The molecule has 0 spiro atoms. The van der Waals surface area contributed by atoms with Crippen LogP contribution >= 0.6 is 0 Å². The SMILES string of the molecule is Cc1ccc2cccc(OS(=O)(=O)c3ccccc3C)c2n1. The number of benzene rings is 2. The molecule has 2 aromatic carbocycles. The molecule has 0 atom stereocenters. The first-order valence-electron chi connectivity index (χ1n) is 6.84. The minimum atomic E-state index is -3.89. The highest BCUT2D eigenvalue weighted by Crippen LogP contribution is 2.27. The van der Waals surface area contributed by atoms with Crippen molar-refractivity contribution in [3.63, 3.8) is 0 Å². The van der Waals surface area contributed by atoms with Crippen molar-refractivity contribution in [3.8, 4) is 5.75 Å². The normalized spacial score (nSPS) is 11.5. The molecule has 1 aromatic heterocycles. The van der Waals surface area contributed by atoms with E-state index in [1.165, 1.54) is 6.07 Å². The molecule has 3 rings (SSSR count). The van der Waals surface area contributed by atoms with Crippen molar-refractivity contribution < 1.29 is 12.6 Å². The molecule has 0 saturated heterocycles. The maximum Gasteiger partial charge on any atom is 0.339 e. The van der Waals surface area contributed by atoms with Crippen molar-refractivity contribution in [1.29, 1.82) is 0 Å². The van der Waals surface area contributed by atoms with Crippen molar-refractivity contribution >= 4 is 21.0 Å². The summed E-state index contributed by atoms with van der Waals surface area (Å²) in [6, 6.07) is 15.7. The van der Waals surface area contributed by atoms with Gasteiger partial charge in [-0.05, 0) is 37.6 Å². The highest BCUT2D eigenvalue weighted by atomic mass is 32.2. The number of fused-ring (bicyclic) bond motifs is 1. The molecule has 1 heterocycles. The summed E-state index contributed by atoms with van der Waals surface area (Å²) in [5.74, 6) is 0.240. The molecular weight excluding hydrogens is 298 g/mol. The van der Waals surface area contributed by atoms with Crippen LogP contribution in [0.4, 0.5) is 0 Å². The average Bonchev–Trinajstić information content (AvgIpc) is 2.48. The first-order valence-corrected chi connectivity index (χ1v) is 8.25. The number of aryl methyl sites for hydroxylation is 2. The fourth-order valence-corrected chi connectivity index (χ4v) is 3.45. The molecule has 4 nitrogen and oxygen atoms in total. The van der Waals surface area contributed by atoms with Crippen LogP contribution in [0.25, 0.3) is 10.9 Å². The molecule has 0 aliphatic heterocycles. The van der Waals surface area contributed by atoms with Gasteiger partial charge in [0.1, 0.15) is 10.4 Å². The van der Waals surface area contributed by atoms with E-state index in [1.54, 1.807) is 37.3 Å². The summed E-state index contributed by atoms with van der Waals surface area (Å²) < 4.78 is 30.3. The van der Waals surface area contributed by atoms with Gasteiger partial charge in [0.2, 0.25) is 0 Å². The van der Waals surface area contributed by atoms with Gasteiger partial charge in [-0.3, -0.25) is 0 Å². The Labute approximate surface area is 129 Å². The standard InChI is InChI=1S/C17H15NO3S/c1-12-6-3-4-9-16(12)22(19,20)21-15-8-5-7-14-11-10-13(2)18-17(14)15/h3-11H,1-2H3. The zero-order valence-electron chi connectivity index (χ0n) is 12.3. The van der Waals surface area contributed by atoms with Crippen molar-refractivity contribution in [2.45, 2.75) is 18.7 Å². The third kappa shape index (κ3) is 2.67. The van der Waals surface area contributed by atoms with Crippen LogP contribution in [0.1, 0.15) is 11.3 Å². The van der Waals surface area contributed by atoms with Gasteiger partial charge in [0, 0.05) is 11.1 Å². The summed E-state index contributed by atoms with van der Waals surface area (Å²) in [5.41, 5.74) is 1.99. The highest BCUT2D eigenvalue weighted by molar-refractivity contribution is 7.87. The first kappa shape index (κ1) is 14.5. The van der Waals surface area contributed by atoms with Gasteiger partial charge in [-0.25, -0.2) is 4.98 Å². The Morgan fingerprint density at radius 3 is 2.45 bits per heavy atom. The largest absolute Gasteiger partial charge is 0.377 e. The lowest BCUT2D eigenvalue weighted by Crippen LogP contribution is -2.11. The van der Waals surface area contributed by atoms with Crippen molar-refractivity contribution in [3.05, 3.63) is 65.9 Å². The lowest BCUT2D eigenvalue weighted by Gasteiger charge is -2.11. The molecule has 0 saturated carbocycles. The van der Waals surface area contributed by atoms with Crippen molar-refractivity contribution in [2.75, 3.05) is 0 Å². The molecule has 112 valence electrons. The second-order valence-electron chi connectivity index (χ2n) is 5.08. The van der Waals surface area contributed by atoms with Gasteiger partial charge in [0.05, 0.1) is 0 Å². The van der Waals surface area contributed by atoms with E-state index in [0.717, 1.165) is 11.1 Å². The van der Waals surface area contributed by atoms with Crippen LogP contribution in [0.15, 0.2) is 59.5 Å². The average molecular weight is 313 g/mol. The van der Waals surface area contributed by atoms with Crippen molar-refractivity contribution in [1.82, 2.24) is 4.98 Å². The predicted octanol–water partition coefficient (Wildman–Crippen LogP) is 3.62. The fourth-order valence-electron chi connectivity index (χ4n) is 2.28. The Bertz CT molecular complexity index is 949. The third-order valence-electron chi connectivity index (χ3n) is 3.38. The van der Waals surface area contributed by atoms with Crippen LogP contribution in [-0.4, -0.2) is 13.4 Å². The quantitative estimate of drug-likeness (QED) is 0.693. The van der Waals surface area contributed by atoms with Crippen LogP contribution in [0.2, 0.25) is 0 Å². The highest BCUT2D eigenvalue weighted by Gasteiger charge is 2.20. The number of rotatable bonds is 3. The Balaban J connectivity index is 2.10. The van der Waals surface area contributed by atoms with Crippen LogP contribution in [0.5, 0.6) is 5.75 Å². The van der Waals surface area contributed by atoms with Crippen LogP contribution in [0, 0.1) is 13.8 Å². The topological polar surface area (TPSA) is 56.3 Å². The Kier molecular flexibility index (Phi) is 3.58. The zero-order valence-corrected chi connectivity index (χ0v) is 13.1. The molecular formula is C17H15NO3S. The maximum absolute atomic E-state index is 12.5. The molecule has 0 radical (unpaired) electrons. The number of pyridine rings is 1. The second kappa shape index (κ2) is 5.42. The maximum atomic E-state index is 12.5. The number of aromatic nitrogens is 1. The molecule has 22 heavy (non-hydrogen) atoms. The van der Waals surface area contributed by atoms with Crippen LogP contribution in [0.3, 0.4) is 0 Å². The number of para-hydroxylation sites is 1. The summed E-state index contributed by atoms with van der Waals surface area (Å²) in [6.45, 7) is 3.59. The van der Waals surface area contributed by atoms with E-state index in [9.17, 15) is 8.42 Å². The Morgan fingerprint density at radius 1 is 0.909 bits per heavy atom. The van der Waals surface area contributed by atoms with Gasteiger partial charge in [0.15, 0.2) is 5.75 Å². The fraction of sp³-hybridized carbons (Fsp3) is 0.118. The molecule has 0 fully saturated rings. The van der Waals surface area contributed by atoms with E-state index in [2.05, 4.69) is 4.98 Å². The van der Waals surface area contributed by atoms with E-state index in [4.69, 9.17) is 4.18 Å². The number of hydrogen-bond acceptors (Lipinski definition) is 4. The smallest absolute Gasteiger partial charge is 0.339 e. The van der Waals surface area contributed by atoms with Crippen LogP contribution in [-0.2, 0) is 10.1 Å². The lowest BCUT2D eigenvalue weighted by molar-refractivity contribution is 0.487. The molecule has 0 aliphatic carbocycles. The summed E-state index contributed by atoms with van der Waals surface area (Å²) in [5, 5.41) is 0.836. The zero-order chi connectivity index (χ0) is 15.7. The van der Waals surface area contributed by atoms with E-state index in [1.807, 2.05) is 25.1 Å². The van der Waals surface area contributed by atoms with E-state index >= 15 is 0 Å². The van der Waals surface area contributed by atoms with Gasteiger partial charge < -0.3 is 4.18 Å². The van der Waals surface area contributed by atoms with Gasteiger partial charge in [0.25, 0.3) is 0 Å². The number of hydrogen-bond donors (Lipinski definition) is 0. The third-order valence-corrected chi connectivity index (χ3v) is 4.78. The van der Waals surface area contributed by atoms with E-state index in [-0.39, 0.29) is 10.6 Å². The summed E-state index contributed by atoms with van der Waals surface area (Å²) >= 11 is 0. The van der Waals surface area contributed by atoms with Crippen molar-refractivity contribution in [2.24, 2.45) is 0 Å². The monoisotopic (exact) mass is 313 g/mol. The van der Waals surface area contributed by atoms with Crippen LogP contribution < -0.4 is 4.18 Å². The Hall–Kier alpha value is -2.40. The van der Waals surface area contributed by atoms with Gasteiger partial charge in [-0.15, -0.1) is 0 Å². The summed E-state index contributed by atoms with van der Waals surface area (Å²) in [4.78, 5) is 4.55. The van der Waals surface area contributed by atoms with Gasteiger partial charge in [-0.2, -0.15) is 8.42 Å². The lowest BCUT2D eigenvalue weighted by atomic mass is 10.2. The van der Waals surface area contributed by atoms with E-state index in [0.29, 0.717) is 11.1 Å². The summed E-state index contributed by atoms with van der Waals surface area (Å²) in [7, 11) is -3.89. The predicted molar refractivity (Wildman–Crippen MR) is 85.5 cm³/mol. The molecule has 5 heteroatoms. The number of nitrogens with zero attached hydrogens (tertiary/aromatic N) is 1. The summed E-state index contributed by atoms with van der Waals surface area (Å²) in [6.07, 6.45) is 0. The molecule has 3 aromatic rings. The molecule has 0 N–H and O–H groups in total.